The van der Waals surface area contributed by atoms with Crippen molar-refractivity contribution >= 4 is 22.4 Å². The molecule has 1 aliphatic carbocycles. The van der Waals surface area contributed by atoms with Crippen molar-refractivity contribution in [2.45, 2.75) is 57.7 Å². The van der Waals surface area contributed by atoms with Gasteiger partial charge in [0, 0.05) is 24.5 Å². The highest BCUT2D eigenvalue weighted by Crippen LogP contribution is 2.32. The summed E-state index contributed by atoms with van der Waals surface area (Å²) in [4.78, 5) is 22.2. The molecule has 7 nitrogen and oxygen atoms in total. The molecular weight excluding hydrogens is 318 g/mol. The molecule has 0 bridgehead atoms. The van der Waals surface area contributed by atoms with E-state index in [1.807, 2.05) is 20.8 Å². The van der Waals surface area contributed by atoms with Gasteiger partial charge in [0.2, 0.25) is 0 Å². The normalized spacial score (nSPS) is 16.5. The van der Waals surface area contributed by atoms with Crippen LogP contribution < -0.4 is 10.6 Å². The van der Waals surface area contributed by atoms with Crippen LogP contribution in [0.25, 0.3) is 0 Å². The number of nitrogens with zero attached hydrogens (tertiary/aromatic N) is 1. The van der Waals surface area contributed by atoms with E-state index in [0.717, 1.165) is 36.2 Å². The number of ether oxygens (including phenoxy) is 1. The lowest BCUT2D eigenvalue weighted by atomic mass is 9.76. The van der Waals surface area contributed by atoms with Crippen molar-refractivity contribution in [2.75, 3.05) is 6.54 Å². The zero-order valence-corrected chi connectivity index (χ0v) is 14.5. The molecule has 0 spiro atoms. The van der Waals surface area contributed by atoms with E-state index in [1.165, 1.54) is 0 Å². The molecule has 0 aromatic carbocycles. The first-order valence-corrected chi connectivity index (χ1v) is 8.51. The third-order valence-corrected chi connectivity index (χ3v) is 4.62. The second kappa shape index (κ2) is 6.84. The van der Waals surface area contributed by atoms with Crippen molar-refractivity contribution < 1.29 is 14.5 Å². The van der Waals surface area contributed by atoms with Crippen LogP contribution in [0.4, 0.5) is 9.80 Å². The van der Waals surface area contributed by atoms with Crippen LogP contribution >= 0.6 is 11.3 Å². The van der Waals surface area contributed by atoms with E-state index < -0.39 is 11.7 Å². The van der Waals surface area contributed by atoms with E-state index in [4.69, 9.17) is 4.74 Å². The van der Waals surface area contributed by atoms with Gasteiger partial charge in [-0.15, -0.1) is 0 Å². The number of carbonyl (C=O) groups is 1. The van der Waals surface area contributed by atoms with Gasteiger partial charge in [0.25, 0.3) is 0 Å². The Bertz CT molecular complexity index is 576. The van der Waals surface area contributed by atoms with Crippen LogP contribution in [0.15, 0.2) is 11.4 Å². The fourth-order valence-electron chi connectivity index (χ4n) is 2.47. The van der Waals surface area contributed by atoms with Gasteiger partial charge in [-0.1, -0.05) is 11.3 Å². The molecule has 2 N–H and O–H groups in total. The maximum absolute atomic E-state index is 11.9. The number of amides is 1. The molecule has 0 atom stereocenters. The van der Waals surface area contributed by atoms with Gasteiger partial charge in [0.1, 0.15) is 5.60 Å². The zero-order valence-electron chi connectivity index (χ0n) is 13.7. The molecule has 128 valence electrons. The van der Waals surface area contributed by atoms with Gasteiger partial charge < -0.3 is 15.4 Å². The molecule has 1 fully saturated rings. The maximum Gasteiger partial charge on any atom is 0.408 e. The number of carbonyl (C=O) groups excluding carboxylic acids is 1. The Hall–Kier alpha value is -1.67. The Morgan fingerprint density at radius 2 is 2.17 bits per heavy atom. The van der Waals surface area contributed by atoms with Gasteiger partial charge in [-0.3, -0.25) is 10.1 Å². The summed E-state index contributed by atoms with van der Waals surface area (Å²) in [6, 6.07) is 1.58. The third kappa shape index (κ3) is 5.18. The molecule has 2 rings (SSSR count). The second-order valence-corrected chi connectivity index (χ2v) is 7.80. The number of rotatable bonds is 6. The topological polar surface area (TPSA) is 93.5 Å². The van der Waals surface area contributed by atoms with Crippen LogP contribution in [-0.4, -0.2) is 28.7 Å². The summed E-state index contributed by atoms with van der Waals surface area (Å²) in [5.74, 6) is 0. The minimum absolute atomic E-state index is 0.145. The molecule has 1 aliphatic rings. The molecular formula is C15H23N3O4S. The number of alkyl carbamates (subject to hydrolysis) is 1. The average Bonchev–Trinajstić information content (AvgIpc) is 2.82. The molecule has 0 unspecified atom stereocenters. The highest BCUT2D eigenvalue weighted by atomic mass is 32.1. The first kappa shape index (κ1) is 17.7. The second-order valence-electron chi connectivity index (χ2n) is 6.91. The van der Waals surface area contributed by atoms with E-state index >= 15 is 0 Å². The summed E-state index contributed by atoms with van der Waals surface area (Å²) in [5.41, 5.74) is 0.0935. The molecule has 23 heavy (non-hydrogen) atoms. The predicted molar refractivity (Wildman–Crippen MR) is 88.6 cm³/mol. The predicted octanol–water partition coefficient (Wildman–Crippen LogP) is 3.19. The molecule has 1 saturated carbocycles. The van der Waals surface area contributed by atoms with Crippen LogP contribution in [0.5, 0.6) is 0 Å². The summed E-state index contributed by atoms with van der Waals surface area (Å²) in [7, 11) is 0. The highest BCUT2D eigenvalue weighted by Gasteiger charge is 2.39. The first-order valence-electron chi connectivity index (χ1n) is 7.63. The lowest BCUT2D eigenvalue weighted by Gasteiger charge is -2.42. The van der Waals surface area contributed by atoms with Crippen LogP contribution in [-0.2, 0) is 11.3 Å². The number of nitro groups is 1. The van der Waals surface area contributed by atoms with Crippen molar-refractivity contribution in [1.82, 2.24) is 10.6 Å². The fraction of sp³-hybridized carbons (Fsp3) is 0.667. The van der Waals surface area contributed by atoms with E-state index in [9.17, 15) is 14.9 Å². The Morgan fingerprint density at radius 3 is 2.65 bits per heavy atom. The Morgan fingerprint density at radius 1 is 1.48 bits per heavy atom. The number of hydrogen-bond acceptors (Lipinski definition) is 6. The lowest BCUT2D eigenvalue weighted by Crippen LogP contribution is -2.59. The lowest BCUT2D eigenvalue weighted by molar-refractivity contribution is -0.380. The molecule has 1 heterocycles. The summed E-state index contributed by atoms with van der Waals surface area (Å²) in [6.45, 7) is 6.67. The highest BCUT2D eigenvalue weighted by molar-refractivity contribution is 7.13. The fourth-order valence-corrected chi connectivity index (χ4v) is 3.20. The standard InChI is InChI=1S/C15H23N3O4S/c1-14(2,3)22-13(19)17-15(5-4-6-15)10-16-8-11-7-12(18(20)21)23-9-11/h7,9,16H,4-6,8,10H2,1-3H3,(H,17,19). The first-order chi connectivity index (χ1) is 10.7. The van der Waals surface area contributed by atoms with Crippen molar-refractivity contribution in [3.05, 3.63) is 27.1 Å². The van der Waals surface area contributed by atoms with Crippen LogP contribution in [0.3, 0.4) is 0 Å². The molecule has 0 radical (unpaired) electrons. The number of hydrogen-bond donors (Lipinski definition) is 2. The van der Waals surface area contributed by atoms with E-state index in [1.54, 1.807) is 11.4 Å². The Kier molecular flexibility index (Phi) is 5.26. The SMILES string of the molecule is CC(C)(C)OC(=O)NC1(CNCc2csc([N+](=O)[O-])c2)CCC1. The Labute approximate surface area is 139 Å². The van der Waals surface area contributed by atoms with E-state index in [-0.39, 0.29) is 15.5 Å². The van der Waals surface area contributed by atoms with Gasteiger partial charge in [0.05, 0.1) is 10.5 Å². The zero-order chi connectivity index (χ0) is 17.1. The van der Waals surface area contributed by atoms with Crippen molar-refractivity contribution in [1.29, 1.82) is 0 Å². The van der Waals surface area contributed by atoms with Gasteiger partial charge >= 0.3 is 11.1 Å². The quantitative estimate of drug-likeness (QED) is 0.612. The van der Waals surface area contributed by atoms with Gasteiger partial charge in [-0.2, -0.15) is 0 Å². The van der Waals surface area contributed by atoms with Crippen molar-refractivity contribution in [2.24, 2.45) is 0 Å². The van der Waals surface area contributed by atoms with Gasteiger partial charge in [-0.25, -0.2) is 4.79 Å². The largest absolute Gasteiger partial charge is 0.444 e. The molecule has 0 aliphatic heterocycles. The van der Waals surface area contributed by atoms with Crippen LogP contribution in [0.1, 0.15) is 45.6 Å². The van der Waals surface area contributed by atoms with Gasteiger partial charge in [0.15, 0.2) is 0 Å². The van der Waals surface area contributed by atoms with Crippen molar-refractivity contribution in [3.8, 4) is 0 Å². The maximum atomic E-state index is 11.9. The van der Waals surface area contributed by atoms with Crippen LogP contribution in [0.2, 0.25) is 0 Å². The average molecular weight is 341 g/mol. The molecule has 1 aromatic rings. The monoisotopic (exact) mass is 341 g/mol. The smallest absolute Gasteiger partial charge is 0.408 e. The number of thiophene rings is 1. The summed E-state index contributed by atoms with van der Waals surface area (Å²) < 4.78 is 5.31. The molecule has 0 saturated heterocycles. The van der Waals surface area contributed by atoms with Crippen LogP contribution in [0, 0.1) is 10.1 Å². The minimum Gasteiger partial charge on any atom is -0.444 e. The third-order valence-electron chi connectivity index (χ3n) is 3.69. The minimum atomic E-state index is -0.516. The molecule has 8 heteroatoms. The molecule has 1 aromatic heterocycles. The summed E-state index contributed by atoms with van der Waals surface area (Å²) in [6.07, 6.45) is 2.48. The number of nitrogens with one attached hydrogen (secondary N) is 2. The summed E-state index contributed by atoms with van der Waals surface area (Å²) in [5, 5.41) is 18.8. The molecule has 1 amide bonds. The van der Waals surface area contributed by atoms with Crippen molar-refractivity contribution in [3.63, 3.8) is 0 Å². The summed E-state index contributed by atoms with van der Waals surface area (Å²) >= 11 is 1.12. The van der Waals surface area contributed by atoms with Gasteiger partial charge in [-0.05, 0) is 45.6 Å². The Balaban J connectivity index is 1.82. The van der Waals surface area contributed by atoms with E-state index in [0.29, 0.717) is 13.1 Å². The van der Waals surface area contributed by atoms with E-state index in [2.05, 4.69) is 10.6 Å².